The van der Waals surface area contributed by atoms with Crippen LogP contribution in [0.4, 0.5) is 0 Å². The largest absolute Gasteiger partial charge is 0.298 e. The fourth-order valence-corrected chi connectivity index (χ4v) is 3.46. The van der Waals surface area contributed by atoms with Crippen LogP contribution in [0.1, 0.15) is 17.7 Å². The molecular formula is C17H12Cl2N2O. The predicted molar refractivity (Wildman–Crippen MR) is 89.4 cm³/mol. The van der Waals surface area contributed by atoms with Gasteiger partial charge < -0.3 is 0 Å². The van der Waals surface area contributed by atoms with Gasteiger partial charge in [-0.3, -0.25) is 9.36 Å². The van der Waals surface area contributed by atoms with E-state index in [0.717, 1.165) is 36.2 Å². The van der Waals surface area contributed by atoms with Crippen molar-refractivity contribution in [3.8, 4) is 5.69 Å². The summed E-state index contributed by atoms with van der Waals surface area (Å²) in [7, 11) is 0. The summed E-state index contributed by atoms with van der Waals surface area (Å²) < 4.78 is 2.04. The Morgan fingerprint density at radius 1 is 1.09 bits per heavy atom. The number of nitrogens with zero attached hydrogens (tertiary/aromatic N) is 2. The van der Waals surface area contributed by atoms with Crippen LogP contribution in [-0.2, 0) is 12.8 Å². The van der Waals surface area contributed by atoms with Crippen molar-refractivity contribution in [2.24, 2.45) is 0 Å². The molecule has 0 radical (unpaired) electrons. The highest BCUT2D eigenvalue weighted by molar-refractivity contribution is 6.42. The van der Waals surface area contributed by atoms with Gasteiger partial charge in [0.05, 0.1) is 15.4 Å². The van der Waals surface area contributed by atoms with Crippen LogP contribution in [0.5, 0.6) is 0 Å². The van der Waals surface area contributed by atoms with E-state index in [1.807, 2.05) is 22.8 Å². The van der Waals surface area contributed by atoms with Crippen molar-refractivity contribution in [2.75, 3.05) is 0 Å². The normalized spacial score (nSPS) is 13.5. The first-order valence-corrected chi connectivity index (χ1v) is 7.89. The van der Waals surface area contributed by atoms with Gasteiger partial charge in [-0.05, 0) is 49.6 Å². The van der Waals surface area contributed by atoms with E-state index in [0.29, 0.717) is 21.1 Å². The molecule has 0 atom stereocenters. The molecular weight excluding hydrogens is 319 g/mol. The molecule has 3 aromatic rings. The molecule has 2 aromatic heterocycles. The number of fused-ring (bicyclic) bond motifs is 2. The van der Waals surface area contributed by atoms with Crippen LogP contribution in [-0.4, -0.2) is 9.55 Å². The summed E-state index contributed by atoms with van der Waals surface area (Å²) in [5.74, 6) is 0. The monoisotopic (exact) mass is 330 g/mol. The van der Waals surface area contributed by atoms with Gasteiger partial charge >= 0.3 is 0 Å². The molecule has 4 rings (SSSR count). The molecule has 0 amide bonds. The zero-order valence-electron chi connectivity index (χ0n) is 11.6. The Morgan fingerprint density at radius 3 is 2.77 bits per heavy atom. The summed E-state index contributed by atoms with van der Waals surface area (Å²) >= 11 is 12.2. The first-order chi connectivity index (χ1) is 10.7. The fourth-order valence-electron chi connectivity index (χ4n) is 3.16. The topological polar surface area (TPSA) is 34.9 Å². The van der Waals surface area contributed by atoms with E-state index in [2.05, 4.69) is 4.98 Å². The molecule has 1 aliphatic rings. The van der Waals surface area contributed by atoms with Gasteiger partial charge in [0.15, 0.2) is 5.43 Å². The lowest BCUT2D eigenvalue weighted by atomic mass is 10.1. The van der Waals surface area contributed by atoms with Crippen LogP contribution in [0.3, 0.4) is 0 Å². The van der Waals surface area contributed by atoms with Crippen LogP contribution in [0, 0.1) is 0 Å². The van der Waals surface area contributed by atoms with Crippen LogP contribution < -0.4 is 5.43 Å². The molecule has 5 heteroatoms. The smallest absolute Gasteiger partial charge is 0.194 e. The van der Waals surface area contributed by atoms with Crippen molar-refractivity contribution in [1.82, 2.24) is 9.55 Å². The van der Waals surface area contributed by atoms with Gasteiger partial charge in [-0.25, -0.2) is 4.98 Å². The second-order valence-corrected chi connectivity index (χ2v) is 6.23. The molecule has 2 heterocycles. The van der Waals surface area contributed by atoms with E-state index in [1.54, 1.807) is 18.3 Å². The van der Waals surface area contributed by atoms with E-state index >= 15 is 0 Å². The standard InChI is InChI=1S/C17H12Cl2N2O/c18-13-7-6-10(9-14(13)19)21-15-5-1-3-11(15)16(22)12-4-2-8-20-17(12)21/h2,4,6-9H,1,3,5H2. The first-order valence-electron chi connectivity index (χ1n) is 7.14. The minimum Gasteiger partial charge on any atom is -0.298 e. The molecule has 0 N–H and O–H groups in total. The molecule has 1 aliphatic carbocycles. The zero-order valence-corrected chi connectivity index (χ0v) is 13.2. The molecule has 0 saturated carbocycles. The van der Waals surface area contributed by atoms with E-state index in [-0.39, 0.29) is 5.43 Å². The Hall–Kier alpha value is -1.84. The molecule has 0 unspecified atom stereocenters. The molecule has 110 valence electrons. The number of hydrogen-bond acceptors (Lipinski definition) is 2. The number of pyridine rings is 2. The Labute approximate surface area is 137 Å². The third-order valence-corrected chi connectivity index (χ3v) is 4.88. The van der Waals surface area contributed by atoms with Gasteiger partial charge in [-0.2, -0.15) is 0 Å². The Balaban J connectivity index is 2.15. The minimum atomic E-state index is 0.104. The maximum absolute atomic E-state index is 12.6. The van der Waals surface area contributed by atoms with Gasteiger partial charge in [-0.1, -0.05) is 23.2 Å². The highest BCUT2D eigenvalue weighted by atomic mass is 35.5. The molecule has 3 nitrogen and oxygen atoms in total. The van der Waals surface area contributed by atoms with Gasteiger partial charge in [-0.15, -0.1) is 0 Å². The highest BCUT2D eigenvalue weighted by Crippen LogP contribution is 2.30. The Morgan fingerprint density at radius 2 is 1.95 bits per heavy atom. The van der Waals surface area contributed by atoms with Gasteiger partial charge in [0, 0.05) is 23.1 Å². The summed E-state index contributed by atoms with van der Waals surface area (Å²) in [6.45, 7) is 0. The molecule has 0 saturated heterocycles. The zero-order chi connectivity index (χ0) is 15.3. The summed E-state index contributed by atoms with van der Waals surface area (Å²) in [4.78, 5) is 17.1. The molecule has 1 aromatic carbocycles. The van der Waals surface area contributed by atoms with Crippen molar-refractivity contribution >= 4 is 34.2 Å². The highest BCUT2D eigenvalue weighted by Gasteiger charge is 2.22. The fraction of sp³-hybridized carbons (Fsp3) is 0.176. The molecule has 0 bridgehead atoms. The summed E-state index contributed by atoms with van der Waals surface area (Å²) in [6.07, 6.45) is 4.39. The van der Waals surface area contributed by atoms with Gasteiger partial charge in [0.2, 0.25) is 0 Å². The average Bonchev–Trinajstić information content (AvgIpc) is 3.00. The van der Waals surface area contributed by atoms with E-state index in [1.165, 1.54) is 0 Å². The van der Waals surface area contributed by atoms with Crippen LogP contribution >= 0.6 is 23.2 Å². The average molecular weight is 331 g/mol. The maximum Gasteiger partial charge on any atom is 0.194 e. The van der Waals surface area contributed by atoms with Gasteiger partial charge in [0.25, 0.3) is 0 Å². The SMILES string of the molecule is O=c1c2c(n(-c3ccc(Cl)c(Cl)c3)c3ncccc13)CCC2. The predicted octanol–water partition coefficient (Wildman–Crippen LogP) is 4.18. The van der Waals surface area contributed by atoms with Crippen LogP contribution in [0.25, 0.3) is 16.7 Å². The number of hydrogen-bond donors (Lipinski definition) is 0. The Bertz CT molecular complexity index is 963. The summed E-state index contributed by atoms with van der Waals surface area (Å²) in [5.41, 5.74) is 3.59. The van der Waals surface area contributed by atoms with Crippen LogP contribution in [0.15, 0.2) is 41.3 Å². The Kier molecular flexibility index (Phi) is 3.21. The van der Waals surface area contributed by atoms with Crippen molar-refractivity contribution in [3.05, 3.63) is 68.1 Å². The molecule has 0 fully saturated rings. The van der Waals surface area contributed by atoms with Crippen LogP contribution in [0.2, 0.25) is 10.0 Å². The quantitative estimate of drug-likeness (QED) is 0.670. The van der Waals surface area contributed by atoms with Gasteiger partial charge in [0.1, 0.15) is 5.65 Å². The van der Waals surface area contributed by atoms with Crippen molar-refractivity contribution in [2.45, 2.75) is 19.3 Å². The third-order valence-electron chi connectivity index (χ3n) is 4.14. The molecule has 22 heavy (non-hydrogen) atoms. The second kappa shape index (κ2) is 5.11. The lowest BCUT2D eigenvalue weighted by Crippen LogP contribution is -2.17. The molecule has 0 aliphatic heterocycles. The van der Waals surface area contributed by atoms with E-state index < -0.39 is 0 Å². The van der Waals surface area contributed by atoms with E-state index in [9.17, 15) is 4.79 Å². The molecule has 0 spiro atoms. The first kappa shape index (κ1) is 13.8. The number of aromatic nitrogens is 2. The lowest BCUT2D eigenvalue weighted by molar-refractivity contribution is 0.873. The third kappa shape index (κ3) is 1.97. The second-order valence-electron chi connectivity index (χ2n) is 5.42. The van der Waals surface area contributed by atoms with Crippen molar-refractivity contribution < 1.29 is 0 Å². The van der Waals surface area contributed by atoms with Crippen molar-refractivity contribution in [3.63, 3.8) is 0 Å². The van der Waals surface area contributed by atoms with E-state index in [4.69, 9.17) is 23.2 Å². The number of halogens is 2. The number of benzene rings is 1. The lowest BCUT2D eigenvalue weighted by Gasteiger charge is -2.16. The summed E-state index contributed by atoms with van der Waals surface area (Å²) in [6, 6.07) is 9.13. The minimum absolute atomic E-state index is 0.104. The summed E-state index contributed by atoms with van der Waals surface area (Å²) in [5, 5.41) is 1.66. The number of rotatable bonds is 1. The van der Waals surface area contributed by atoms with Crippen molar-refractivity contribution in [1.29, 1.82) is 0 Å². The maximum atomic E-state index is 12.6.